The topological polar surface area (TPSA) is 74.2 Å². The summed E-state index contributed by atoms with van der Waals surface area (Å²) in [5, 5.41) is 3.68. The normalized spacial score (nSPS) is 12.4. The molecule has 0 fully saturated rings. The van der Waals surface area contributed by atoms with Crippen LogP contribution in [0.25, 0.3) is 0 Å². The molecule has 1 aromatic heterocycles. The lowest BCUT2D eigenvalue weighted by Crippen LogP contribution is -2.21. The van der Waals surface area contributed by atoms with Crippen LogP contribution >= 0.6 is 0 Å². The summed E-state index contributed by atoms with van der Waals surface area (Å²) >= 11 is 0. The molecule has 0 saturated carbocycles. The lowest BCUT2D eigenvalue weighted by atomic mass is 10.0. The largest absolute Gasteiger partial charge is 0.483 e. The minimum atomic E-state index is -0.302. The van der Waals surface area contributed by atoms with Gasteiger partial charge in [-0.05, 0) is 43.5 Å². The van der Waals surface area contributed by atoms with Crippen molar-refractivity contribution in [2.75, 3.05) is 0 Å². The van der Waals surface area contributed by atoms with E-state index in [2.05, 4.69) is 10.1 Å². The molecule has 1 unspecified atom stereocenters. The zero-order chi connectivity index (χ0) is 14.5. The summed E-state index contributed by atoms with van der Waals surface area (Å²) in [5.74, 6) is 1.23. The maximum atomic E-state index is 13.3. The van der Waals surface area contributed by atoms with Gasteiger partial charge in [0.05, 0.1) is 0 Å². The van der Waals surface area contributed by atoms with Crippen LogP contribution in [0.4, 0.5) is 4.39 Å². The molecule has 0 amide bonds. The summed E-state index contributed by atoms with van der Waals surface area (Å²) in [6, 6.07) is 4.38. The van der Waals surface area contributed by atoms with Crippen LogP contribution in [0.2, 0.25) is 0 Å². The molecule has 6 heteroatoms. The first-order chi connectivity index (χ1) is 9.58. The van der Waals surface area contributed by atoms with Gasteiger partial charge in [0.15, 0.2) is 12.4 Å². The Morgan fingerprint density at radius 1 is 1.45 bits per heavy atom. The quantitative estimate of drug-likeness (QED) is 0.878. The Labute approximate surface area is 116 Å². The highest BCUT2D eigenvalue weighted by Gasteiger charge is 2.11. The van der Waals surface area contributed by atoms with Crippen LogP contribution in [0, 0.1) is 12.7 Å². The van der Waals surface area contributed by atoms with Crippen molar-refractivity contribution in [2.45, 2.75) is 39.3 Å². The van der Waals surface area contributed by atoms with E-state index in [4.69, 9.17) is 15.0 Å². The van der Waals surface area contributed by atoms with E-state index in [1.165, 1.54) is 12.1 Å². The van der Waals surface area contributed by atoms with E-state index >= 15 is 0 Å². The molecule has 1 aromatic carbocycles. The molecule has 20 heavy (non-hydrogen) atoms. The van der Waals surface area contributed by atoms with Crippen LogP contribution in [-0.2, 0) is 13.0 Å². The summed E-state index contributed by atoms with van der Waals surface area (Å²) in [6.07, 6.45) is 1.38. The van der Waals surface area contributed by atoms with Crippen LogP contribution in [0.1, 0.15) is 30.6 Å². The highest BCUT2D eigenvalue weighted by Crippen LogP contribution is 2.22. The van der Waals surface area contributed by atoms with Crippen LogP contribution < -0.4 is 10.5 Å². The van der Waals surface area contributed by atoms with Crippen molar-refractivity contribution in [3.63, 3.8) is 0 Å². The maximum absolute atomic E-state index is 13.3. The van der Waals surface area contributed by atoms with Gasteiger partial charge in [-0.15, -0.1) is 0 Å². The van der Waals surface area contributed by atoms with Gasteiger partial charge < -0.3 is 15.0 Å². The Balaban J connectivity index is 2.09. The summed E-state index contributed by atoms with van der Waals surface area (Å²) in [6.45, 7) is 3.88. The van der Waals surface area contributed by atoms with Crippen LogP contribution in [0.15, 0.2) is 22.7 Å². The molecule has 1 atom stereocenters. The van der Waals surface area contributed by atoms with Crippen molar-refractivity contribution in [2.24, 2.45) is 5.73 Å². The molecule has 0 radical (unpaired) electrons. The average Bonchev–Trinajstić information content (AvgIpc) is 2.83. The molecule has 2 aromatic rings. The van der Waals surface area contributed by atoms with Gasteiger partial charge in [0.2, 0.25) is 0 Å². The van der Waals surface area contributed by atoms with Crippen LogP contribution in [0.5, 0.6) is 5.75 Å². The van der Waals surface area contributed by atoms with Crippen molar-refractivity contribution in [1.29, 1.82) is 0 Å². The Morgan fingerprint density at radius 2 is 2.25 bits per heavy atom. The van der Waals surface area contributed by atoms with Crippen molar-refractivity contribution in [1.82, 2.24) is 10.1 Å². The van der Waals surface area contributed by atoms with Gasteiger partial charge in [-0.3, -0.25) is 0 Å². The highest BCUT2D eigenvalue weighted by molar-refractivity contribution is 5.34. The number of hydrogen-bond donors (Lipinski definition) is 1. The molecule has 0 bridgehead atoms. The first kappa shape index (κ1) is 14.5. The summed E-state index contributed by atoms with van der Waals surface area (Å²) in [7, 11) is 0. The van der Waals surface area contributed by atoms with Gasteiger partial charge in [0.1, 0.15) is 11.6 Å². The van der Waals surface area contributed by atoms with E-state index < -0.39 is 0 Å². The highest BCUT2D eigenvalue weighted by atomic mass is 19.1. The standard InChI is InChI=1S/C14H18FN3O2/c1-3-12(16)7-10-6-11(15)4-5-13(10)19-8-14-17-9(2)18-20-14/h4-6,12H,3,7-8,16H2,1-2H3. The zero-order valence-corrected chi connectivity index (χ0v) is 11.6. The summed E-state index contributed by atoms with van der Waals surface area (Å²) < 4.78 is 23.9. The smallest absolute Gasteiger partial charge is 0.264 e. The van der Waals surface area contributed by atoms with Gasteiger partial charge in [0, 0.05) is 6.04 Å². The summed E-state index contributed by atoms with van der Waals surface area (Å²) in [4.78, 5) is 4.05. The monoisotopic (exact) mass is 279 g/mol. The van der Waals surface area contributed by atoms with Gasteiger partial charge in [-0.25, -0.2) is 4.39 Å². The van der Waals surface area contributed by atoms with E-state index in [0.717, 1.165) is 12.0 Å². The molecule has 0 aliphatic heterocycles. The fourth-order valence-electron chi connectivity index (χ4n) is 1.81. The van der Waals surface area contributed by atoms with E-state index in [1.807, 2.05) is 6.92 Å². The van der Waals surface area contributed by atoms with Crippen LogP contribution in [0.3, 0.4) is 0 Å². The lowest BCUT2D eigenvalue weighted by molar-refractivity contribution is 0.240. The summed E-state index contributed by atoms with van der Waals surface area (Å²) in [5.41, 5.74) is 6.66. The minimum absolute atomic E-state index is 0.0233. The number of ether oxygens (including phenoxy) is 1. The molecule has 0 spiro atoms. The average molecular weight is 279 g/mol. The maximum Gasteiger partial charge on any atom is 0.264 e. The molecule has 0 aliphatic rings. The minimum Gasteiger partial charge on any atom is -0.483 e. The van der Waals surface area contributed by atoms with Crippen molar-refractivity contribution in [3.05, 3.63) is 41.3 Å². The van der Waals surface area contributed by atoms with Crippen LogP contribution in [-0.4, -0.2) is 16.2 Å². The first-order valence-electron chi connectivity index (χ1n) is 6.54. The molecule has 1 heterocycles. The zero-order valence-electron chi connectivity index (χ0n) is 11.6. The number of aryl methyl sites for hydroxylation is 1. The fourth-order valence-corrected chi connectivity index (χ4v) is 1.81. The molecule has 108 valence electrons. The molecule has 2 rings (SSSR count). The molecule has 2 N–H and O–H groups in total. The first-order valence-corrected chi connectivity index (χ1v) is 6.54. The second-order valence-electron chi connectivity index (χ2n) is 4.65. The Kier molecular flexibility index (Phi) is 4.68. The molecular weight excluding hydrogens is 261 g/mol. The molecule has 0 saturated heterocycles. The van der Waals surface area contributed by atoms with E-state index in [0.29, 0.717) is 23.9 Å². The Morgan fingerprint density at radius 3 is 2.90 bits per heavy atom. The molecule has 5 nitrogen and oxygen atoms in total. The number of hydrogen-bond acceptors (Lipinski definition) is 5. The SMILES string of the molecule is CCC(N)Cc1cc(F)ccc1OCc1nc(C)no1. The van der Waals surface area contributed by atoms with Gasteiger partial charge >= 0.3 is 0 Å². The second kappa shape index (κ2) is 6.47. The van der Waals surface area contributed by atoms with Gasteiger partial charge in [0.25, 0.3) is 5.89 Å². The Bertz CT molecular complexity index is 571. The molecular formula is C14H18FN3O2. The van der Waals surface area contributed by atoms with Crippen molar-refractivity contribution < 1.29 is 13.7 Å². The predicted octanol–water partition coefficient (Wildman–Crippen LogP) is 2.38. The number of benzene rings is 1. The fraction of sp³-hybridized carbons (Fsp3) is 0.429. The van der Waals surface area contributed by atoms with Gasteiger partial charge in [-0.1, -0.05) is 12.1 Å². The predicted molar refractivity (Wildman–Crippen MR) is 71.7 cm³/mol. The third kappa shape index (κ3) is 3.77. The van der Waals surface area contributed by atoms with Gasteiger partial charge in [-0.2, -0.15) is 4.98 Å². The third-order valence-electron chi connectivity index (χ3n) is 2.95. The number of nitrogens with two attached hydrogens (primary N) is 1. The van der Waals surface area contributed by atoms with Crippen molar-refractivity contribution >= 4 is 0 Å². The number of aromatic nitrogens is 2. The third-order valence-corrected chi connectivity index (χ3v) is 2.95. The molecule has 0 aliphatic carbocycles. The van der Waals surface area contributed by atoms with Crippen molar-refractivity contribution in [3.8, 4) is 5.75 Å². The second-order valence-corrected chi connectivity index (χ2v) is 4.65. The number of halogens is 1. The Hall–Kier alpha value is -1.95. The number of rotatable bonds is 6. The number of nitrogens with zero attached hydrogens (tertiary/aromatic N) is 2. The lowest BCUT2D eigenvalue weighted by Gasteiger charge is -2.13. The van der Waals surface area contributed by atoms with E-state index in [1.54, 1.807) is 13.0 Å². The van der Waals surface area contributed by atoms with E-state index in [9.17, 15) is 4.39 Å². The van der Waals surface area contributed by atoms with E-state index in [-0.39, 0.29) is 18.5 Å².